The van der Waals surface area contributed by atoms with Crippen LogP contribution in [-0.2, 0) is 20.2 Å². The summed E-state index contributed by atoms with van der Waals surface area (Å²) in [6.45, 7) is 0.0889. The number of benzene rings is 1. The number of aromatic hydroxyl groups is 1. The van der Waals surface area contributed by atoms with Crippen molar-refractivity contribution in [3.05, 3.63) is 45.1 Å². The van der Waals surface area contributed by atoms with Crippen LogP contribution in [0, 0.1) is 0 Å². The van der Waals surface area contributed by atoms with Crippen molar-refractivity contribution < 1.29 is 43.5 Å². The van der Waals surface area contributed by atoms with Crippen LogP contribution in [0.1, 0.15) is 6.92 Å². The lowest BCUT2D eigenvalue weighted by atomic mass is 10.1. The largest absolute Gasteiger partial charge is 0.508 e. The number of H-pyrrole nitrogens is 2. The molecule has 0 aliphatic carbocycles. The number of hydrogen-bond donors (Lipinski definition) is 7. The highest BCUT2D eigenvalue weighted by Gasteiger charge is 2.31. The molecule has 0 spiro atoms. The van der Waals surface area contributed by atoms with Gasteiger partial charge in [-0.1, -0.05) is 0 Å². The Morgan fingerprint density at radius 3 is 2.50 bits per heavy atom. The van der Waals surface area contributed by atoms with Crippen molar-refractivity contribution in [2.24, 2.45) is 0 Å². The van der Waals surface area contributed by atoms with Gasteiger partial charge in [-0.2, -0.15) is 4.98 Å². The molecule has 1 unspecified atom stereocenters. The number of rotatable bonds is 9. The van der Waals surface area contributed by atoms with Gasteiger partial charge in [0.2, 0.25) is 0 Å². The summed E-state index contributed by atoms with van der Waals surface area (Å²) >= 11 is 0. The molecule has 2 heterocycles. The second kappa shape index (κ2) is 9.46. The first-order chi connectivity index (χ1) is 15.0. The molecule has 4 atom stereocenters. The fraction of sp³-hybridized carbons (Fsp3) is 0.389. The predicted molar refractivity (Wildman–Crippen MR) is 110 cm³/mol. The molecule has 174 valence electrons. The number of nitrogens with zero attached hydrogens (tertiary/aromatic N) is 1. The topological polar surface area (TPSA) is 206 Å². The third-order valence-corrected chi connectivity index (χ3v) is 5.75. The quantitative estimate of drug-likeness (QED) is 0.110. The molecule has 0 aliphatic heterocycles. The Labute approximate surface area is 179 Å². The van der Waals surface area contributed by atoms with Gasteiger partial charge in [0.1, 0.15) is 41.5 Å². The average Bonchev–Trinajstić information content (AvgIpc) is 2.72. The molecule has 0 amide bonds. The number of pyridine rings is 1. The minimum Gasteiger partial charge on any atom is -0.508 e. The number of hydrogen-bond acceptors (Lipinski definition) is 9. The summed E-state index contributed by atoms with van der Waals surface area (Å²) in [6, 6.07) is 5.71. The van der Waals surface area contributed by atoms with Gasteiger partial charge in [-0.3, -0.25) is 18.8 Å². The molecule has 1 aromatic carbocycles. The zero-order chi connectivity index (χ0) is 23.6. The van der Waals surface area contributed by atoms with Gasteiger partial charge < -0.3 is 25.3 Å². The lowest BCUT2D eigenvalue weighted by Crippen LogP contribution is -2.50. The van der Waals surface area contributed by atoms with Gasteiger partial charge in [-0.25, -0.2) is 13.9 Å². The van der Waals surface area contributed by atoms with Crippen LogP contribution in [0.15, 0.2) is 33.9 Å². The number of phenols is 1. The highest BCUT2D eigenvalue weighted by molar-refractivity contribution is 7.47. The van der Waals surface area contributed by atoms with Gasteiger partial charge in [0.15, 0.2) is 0 Å². The number of aliphatic hydroxyl groups is 3. The number of aliphatic hydroxyl groups excluding tert-OH is 3. The van der Waals surface area contributed by atoms with Crippen LogP contribution in [0.5, 0.6) is 5.75 Å². The Morgan fingerprint density at radius 1 is 1.09 bits per heavy atom. The first-order valence-corrected chi connectivity index (χ1v) is 11.0. The van der Waals surface area contributed by atoms with E-state index in [1.807, 2.05) is 0 Å². The van der Waals surface area contributed by atoms with E-state index < -0.39 is 50.5 Å². The molecule has 3 aromatic rings. The number of fused-ring (bicyclic) bond motifs is 2. The Morgan fingerprint density at radius 2 is 1.81 bits per heavy atom. The molecule has 14 heteroatoms. The zero-order valence-corrected chi connectivity index (χ0v) is 17.7. The summed E-state index contributed by atoms with van der Waals surface area (Å²) in [4.78, 5) is 38.0. The molecule has 2 aromatic heterocycles. The van der Waals surface area contributed by atoms with Gasteiger partial charge in [-0.15, -0.1) is 0 Å². The number of phosphoric ester groups is 1. The molecular formula is C18H23N3O10P+. The maximum atomic E-state index is 12.3. The molecule has 13 nitrogen and oxygen atoms in total. The fourth-order valence-corrected chi connectivity index (χ4v) is 3.95. The second-order valence-electron chi connectivity index (χ2n) is 6.98. The summed E-state index contributed by atoms with van der Waals surface area (Å²) in [7, 11) is -4.43. The van der Waals surface area contributed by atoms with Gasteiger partial charge in [0.25, 0.3) is 11.2 Å². The molecule has 0 aliphatic rings. The van der Waals surface area contributed by atoms with Gasteiger partial charge in [0, 0.05) is 11.5 Å². The van der Waals surface area contributed by atoms with Crippen molar-refractivity contribution in [1.82, 2.24) is 9.97 Å². The van der Waals surface area contributed by atoms with Crippen LogP contribution in [0.4, 0.5) is 0 Å². The minimum atomic E-state index is -4.43. The Balaban J connectivity index is 1.96. The van der Waals surface area contributed by atoms with Crippen molar-refractivity contribution in [1.29, 1.82) is 0 Å². The van der Waals surface area contributed by atoms with Crippen LogP contribution < -0.4 is 15.8 Å². The minimum absolute atomic E-state index is 0.00467. The summed E-state index contributed by atoms with van der Waals surface area (Å²) in [5, 5.41) is 41.3. The smallest absolute Gasteiger partial charge is 0.472 e. The van der Waals surface area contributed by atoms with Crippen molar-refractivity contribution in [2.75, 3.05) is 13.2 Å². The average molecular weight is 472 g/mol. The number of phenolic OH excluding ortho intramolecular Hbond substituents is 1. The van der Waals surface area contributed by atoms with E-state index in [2.05, 4.69) is 19.0 Å². The van der Waals surface area contributed by atoms with Crippen LogP contribution >= 0.6 is 7.82 Å². The van der Waals surface area contributed by atoms with Crippen LogP contribution in [-0.4, -0.2) is 66.8 Å². The first-order valence-electron chi connectivity index (χ1n) is 9.50. The Kier molecular flexibility index (Phi) is 7.10. The summed E-state index contributed by atoms with van der Waals surface area (Å²) in [6.07, 6.45) is -5.30. The monoisotopic (exact) mass is 472 g/mol. The summed E-state index contributed by atoms with van der Waals surface area (Å²) in [5.41, 5.74) is -1.18. The highest BCUT2D eigenvalue weighted by Crippen LogP contribution is 2.43. The Hall–Kier alpha value is -2.64. The van der Waals surface area contributed by atoms with Crippen molar-refractivity contribution in [3.8, 4) is 5.75 Å². The standard InChI is InChI=1S/C18H22N3O10P/c1-2-30-32(28,29)31-8-14(24)15(25)13(23)7-21-12-6-10(22)4-3-9(12)5-11-16(21)19-18(27)20-17(11)26/h3-6,13-15,23-25H,2,7-8H2,1H3,(H3,19,20,22,26,27,28,29)/p+1/t13-,14+,15-/m0/s1. The van der Waals surface area contributed by atoms with E-state index in [-0.39, 0.29) is 23.4 Å². The van der Waals surface area contributed by atoms with E-state index >= 15 is 0 Å². The number of aromatic amines is 2. The first kappa shape index (κ1) is 24.0. The summed E-state index contributed by atoms with van der Waals surface area (Å²) < 4.78 is 21.9. The third-order valence-electron chi connectivity index (χ3n) is 4.69. The van der Waals surface area contributed by atoms with E-state index in [4.69, 9.17) is 0 Å². The van der Waals surface area contributed by atoms with Crippen LogP contribution in [0.25, 0.3) is 21.9 Å². The number of aromatic nitrogens is 3. The fourth-order valence-electron chi connectivity index (χ4n) is 3.21. The molecular weight excluding hydrogens is 449 g/mol. The zero-order valence-electron chi connectivity index (χ0n) is 16.8. The SMILES string of the molecule is CCOP(=O)(O)OC[C@@H](O)[C@@H](O)[C@@H](O)C[n+]1c2cc(O)ccc2cc2c(=O)[nH]c(=O)[nH]c21. The predicted octanol–water partition coefficient (Wildman–Crippen LogP) is -1.40. The highest BCUT2D eigenvalue weighted by atomic mass is 31.2. The third kappa shape index (κ3) is 5.22. The van der Waals surface area contributed by atoms with E-state index in [0.717, 1.165) is 0 Å². The Bertz CT molecular complexity index is 1290. The lowest BCUT2D eigenvalue weighted by Gasteiger charge is -2.23. The molecule has 0 radical (unpaired) electrons. The number of nitrogens with one attached hydrogen (secondary N) is 2. The molecule has 0 bridgehead atoms. The van der Waals surface area contributed by atoms with E-state index in [1.165, 1.54) is 35.8 Å². The molecule has 0 saturated heterocycles. The maximum Gasteiger partial charge on any atom is 0.472 e. The summed E-state index contributed by atoms with van der Waals surface area (Å²) in [5.74, 6) is -0.129. The van der Waals surface area contributed by atoms with Gasteiger partial charge in [0.05, 0.1) is 13.2 Å². The van der Waals surface area contributed by atoms with E-state index in [9.17, 15) is 39.5 Å². The number of phosphoric acid groups is 1. The van der Waals surface area contributed by atoms with Crippen molar-refractivity contribution in [3.63, 3.8) is 0 Å². The van der Waals surface area contributed by atoms with E-state index in [1.54, 1.807) is 0 Å². The van der Waals surface area contributed by atoms with Crippen LogP contribution in [0.3, 0.4) is 0 Å². The van der Waals surface area contributed by atoms with Crippen molar-refractivity contribution in [2.45, 2.75) is 31.8 Å². The van der Waals surface area contributed by atoms with Crippen molar-refractivity contribution >= 4 is 29.8 Å². The maximum absolute atomic E-state index is 12.3. The molecule has 0 saturated carbocycles. The second-order valence-corrected chi connectivity index (χ2v) is 8.43. The van der Waals surface area contributed by atoms with E-state index in [0.29, 0.717) is 10.9 Å². The van der Waals surface area contributed by atoms with Gasteiger partial charge in [-0.05, 0) is 25.1 Å². The van der Waals surface area contributed by atoms with Crippen LogP contribution in [0.2, 0.25) is 0 Å². The van der Waals surface area contributed by atoms with Gasteiger partial charge >= 0.3 is 13.5 Å². The normalized spacial score (nSPS) is 16.7. The lowest BCUT2D eigenvalue weighted by molar-refractivity contribution is -0.656. The molecule has 32 heavy (non-hydrogen) atoms. The molecule has 0 fully saturated rings. The molecule has 7 N–H and O–H groups in total. The molecule has 3 rings (SSSR count).